The Kier molecular flexibility index (Phi) is 10.5. The summed E-state index contributed by atoms with van der Waals surface area (Å²) in [5.41, 5.74) is 0.380. The van der Waals surface area contributed by atoms with Gasteiger partial charge in [0.25, 0.3) is 5.69 Å². The van der Waals surface area contributed by atoms with Crippen LogP contribution in [0.15, 0.2) is 46.8 Å². The second kappa shape index (κ2) is 13.1. The predicted octanol–water partition coefficient (Wildman–Crippen LogP) is 3.55. The summed E-state index contributed by atoms with van der Waals surface area (Å²) in [4.78, 5) is 37.7. The van der Waals surface area contributed by atoms with Crippen molar-refractivity contribution in [1.29, 1.82) is 0 Å². The molecule has 0 saturated heterocycles. The maximum absolute atomic E-state index is 13.3. The first-order chi connectivity index (χ1) is 16.3. The van der Waals surface area contributed by atoms with E-state index in [1.54, 1.807) is 33.8 Å². The van der Waals surface area contributed by atoms with Crippen molar-refractivity contribution >= 4 is 29.2 Å². The molecule has 1 atom stereocenters. The van der Waals surface area contributed by atoms with Crippen LogP contribution in [0.3, 0.4) is 0 Å². The molecule has 0 aliphatic carbocycles. The van der Waals surface area contributed by atoms with E-state index < -0.39 is 29.1 Å². The van der Waals surface area contributed by atoms with E-state index in [0.29, 0.717) is 5.70 Å². The van der Waals surface area contributed by atoms with Gasteiger partial charge >= 0.3 is 11.9 Å². The van der Waals surface area contributed by atoms with E-state index in [0.717, 1.165) is 0 Å². The third kappa shape index (κ3) is 6.13. The minimum absolute atomic E-state index is 0.0259. The van der Waals surface area contributed by atoms with E-state index in [2.05, 4.69) is 5.32 Å². The van der Waals surface area contributed by atoms with Crippen LogP contribution in [-0.2, 0) is 28.5 Å². The van der Waals surface area contributed by atoms with Gasteiger partial charge in [0, 0.05) is 30.5 Å². The van der Waals surface area contributed by atoms with Crippen LogP contribution in [0, 0.1) is 10.1 Å². The lowest BCUT2D eigenvalue weighted by molar-refractivity contribution is -0.385. The van der Waals surface area contributed by atoms with Gasteiger partial charge in [-0.2, -0.15) is 0 Å². The molecule has 0 radical (unpaired) electrons. The van der Waals surface area contributed by atoms with E-state index in [-0.39, 0.29) is 60.4 Å². The Morgan fingerprint density at radius 2 is 1.68 bits per heavy atom. The highest BCUT2D eigenvalue weighted by Crippen LogP contribution is 2.43. The number of nitrogens with zero attached hydrogens (tertiary/aromatic N) is 1. The summed E-state index contributed by atoms with van der Waals surface area (Å²) in [5, 5.41) is 14.9. The normalized spacial score (nSPS) is 15.9. The molecule has 1 unspecified atom stereocenters. The van der Waals surface area contributed by atoms with E-state index >= 15 is 0 Å². The largest absolute Gasteiger partial charge is 0.463 e. The molecule has 10 nitrogen and oxygen atoms in total. The van der Waals surface area contributed by atoms with Gasteiger partial charge < -0.3 is 24.3 Å². The van der Waals surface area contributed by atoms with Gasteiger partial charge in [0.05, 0.1) is 40.2 Å². The smallest absolute Gasteiger partial charge is 0.336 e. The average Bonchev–Trinajstić information content (AvgIpc) is 2.81. The fourth-order valence-corrected chi connectivity index (χ4v) is 3.76. The summed E-state index contributed by atoms with van der Waals surface area (Å²) in [7, 11) is 0. The summed E-state index contributed by atoms with van der Waals surface area (Å²) in [6.45, 7) is 7.25. The van der Waals surface area contributed by atoms with Crippen molar-refractivity contribution < 1.29 is 33.5 Å². The number of allylic oxidation sites excluding steroid dienone is 1. The van der Waals surface area contributed by atoms with E-state index in [1.165, 1.54) is 18.2 Å². The van der Waals surface area contributed by atoms with Gasteiger partial charge in [0.1, 0.15) is 6.61 Å². The number of hydrogen-bond donors (Lipinski definition) is 1. The SMILES string of the molecule is CCOC(=O)C1=C(C(OCC)OCC)NC(C)=C(C(=O)OCCCl)C1c1ccccc1[N+](=O)[O-]. The first-order valence-corrected chi connectivity index (χ1v) is 11.4. The molecule has 0 amide bonds. The Morgan fingerprint density at radius 1 is 1.06 bits per heavy atom. The monoisotopic (exact) mass is 496 g/mol. The number of nitro groups is 1. The van der Waals surface area contributed by atoms with Crippen LogP contribution in [0.5, 0.6) is 0 Å². The van der Waals surface area contributed by atoms with E-state index in [9.17, 15) is 19.7 Å². The van der Waals surface area contributed by atoms with Gasteiger partial charge in [-0.1, -0.05) is 18.2 Å². The van der Waals surface area contributed by atoms with Crippen molar-refractivity contribution in [3.8, 4) is 0 Å². The molecule has 1 heterocycles. The van der Waals surface area contributed by atoms with Crippen molar-refractivity contribution in [3.63, 3.8) is 0 Å². The molecule has 0 bridgehead atoms. The topological polar surface area (TPSA) is 126 Å². The molecular weight excluding hydrogens is 468 g/mol. The predicted molar refractivity (Wildman–Crippen MR) is 124 cm³/mol. The molecule has 34 heavy (non-hydrogen) atoms. The summed E-state index contributed by atoms with van der Waals surface area (Å²) < 4.78 is 22.0. The summed E-state index contributed by atoms with van der Waals surface area (Å²) in [5.74, 6) is -2.65. The lowest BCUT2D eigenvalue weighted by Gasteiger charge is -2.34. The molecular formula is C23H29ClN2O8. The van der Waals surface area contributed by atoms with Gasteiger partial charge in [-0.05, 0) is 27.7 Å². The first-order valence-electron chi connectivity index (χ1n) is 10.9. The molecule has 11 heteroatoms. The Labute approximate surface area is 203 Å². The molecule has 0 fully saturated rings. The molecule has 1 aromatic carbocycles. The van der Waals surface area contributed by atoms with Gasteiger partial charge in [-0.3, -0.25) is 10.1 Å². The van der Waals surface area contributed by atoms with Gasteiger partial charge in [-0.15, -0.1) is 11.6 Å². The highest BCUT2D eigenvalue weighted by atomic mass is 35.5. The number of rotatable bonds is 12. The fourth-order valence-electron chi connectivity index (χ4n) is 3.68. The fraction of sp³-hybridized carbons (Fsp3) is 0.478. The second-order valence-electron chi connectivity index (χ2n) is 7.03. The zero-order valence-electron chi connectivity index (χ0n) is 19.6. The van der Waals surface area contributed by atoms with Crippen LogP contribution in [0.1, 0.15) is 39.2 Å². The Bertz CT molecular complexity index is 969. The average molecular weight is 497 g/mol. The molecule has 186 valence electrons. The summed E-state index contributed by atoms with van der Waals surface area (Å²) in [6.07, 6.45) is -1.00. The lowest BCUT2D eigenvalue weighted by atomic mass is 9.79. The third-order valence-corrected chi connectivity index (χ3v) is 5.09. The highest BCUT2D eigenvalue weighted by molar-refractivity contribution is 6.18. The standard InChI is InChI=1S/C23H29ClN2O8/c1-5-31-22(28)19-18(15-10-8-9-11-16(15)26(29)30)17(21(27)34-13-12-24)14(4)25-20(19)23(32-6-2)33-7-3/h8-11,18,23,25H,5-7,12-13H2,1-4H3. The van der Waals surface area contributed by atoms with E-state index in [1.807, 2.05) is 0 Å². The highest BCUT2D eigenvalue weighted by Gasteiger charge is 2.43. The van der Waals surface area contributed by atoms with Gasteiger partial charge in [-0.25, -0.2) is 9.59 Å². The van der Waals surface area contributed by atoms with Crippen molar-refractivity contribution in [2.24, 2.45) is 0 Å². The van der Waals surface area contributed by atoms with E-state index in [4.69, 9.17) is 30.5 Å². The van der Waals surface area contributed by atoms with Crippen LogP contribution in [0.25, 0.3) is 0 Å². The molecule has 1 aliphatic heterocycles. The number of ether oxygens (including phenoxy) is 4. The number of benzene rings is 1. The molecule has 2 rings (SSSR count). The maximum atomic E-state index is 13.3. The summed E-state index contributed by atoms with van der Waals surface area (Å²) >= 11 is 5.68. The first kappa shape index (κ1) is 27.3. The van der Waals surface area contributed by atoms with Gasteiger partial charge in [0.2, 0.25) is 0 Å². The number of dihydropyridines is 1. The summed E-state index contributed by atoms with van der Waals surface area (Å²) in [6, 6.07) is 5.89. The van der Waals surface area contributed by atoms with Crippen LogP contribution in [0.2, 0.25) is 0 Å². The Morgan fingerprint density at radius 3 is 2.24 bits per heavy atom. The zero-order valence-corrected chi connectivity index (χ0v) is 20.3. The van der Waals surface area contributed by atoms with Crippen molar-refractivity contribution in [2.75, 3.05) is 32.3 Å². The molecule has 0 spiro atoms. The third-order valence-electron chi connectivity index (χ3n) is 4.94. The molecule has 1 aromatic rings. The number of carbonyl (C=O) groups excluding carboxylic acids is 2. The number of alkyl halides is 1. The molecule has 1 N–H and O–H groups in total. The second-order valence-corrected chi connectivity index (χ2v) is 7.41. The number of nitrogens with one attached hydrogen (secondary N) is 1. The number of para-hydroxylation sites is 1. The quantitative estimate of drug-likeness (QED) is 0.152. The number of halogens is 1. The number of carbonyl (C=O) groups is 2. The maximum Gasteiger partial charge on any atom is 0.336 e. The number of hydrogen-bond acceptors (Lipinski definition) is 9. The number of esters is 2. The minimum Gasteiger partial charge on any atom is -0.463 e. The molecule has 0 saturated carbocycles. The van der Waals surface area contributed by atoms with Crippen LogP contribution in [0.4, 0.5) is 5.69 Å². The van der Waals surface area contributed by atoms with Gasteiger partial charge in [0.15, 0.2) is 6.29 Å². The Hall–Kier alpha value is -2.95. The van der Waals surface area contributed by atoms with Crippen molar-refractivity contribution in [3.05, 3.63) is 62.5 Å². The lowest BCUT2D eigenvalue weighted by Crippen LogP contribution is -2.39. The zero-order chi connectivity index (χ0) is 25.3. The van der Waals surface area contributed by atoms with Crippen LogP contribution >= 0.6 is 11.6 Å². The van der Waals surface area contributed by atoms with Crippen molar-refractivity contribution in [2.45, 2.75) is 39.9 Å². The van der Waals surface area contributed by atoms with Crippen LogP contribution < -0.4 is 5.32 Å². The molecule has 0 aromatic heterocycles. The number of nitro benzene ring substituents is 1. The molecule has 1 aliphatic rings. The minimum atomic E-state index is -1.18. The van der Waals surface area contributed by atoms with Crippen LogP contribution in [-0.4, -0.2) is 55.5 Å². The Balaban J connectivity index is 2.87. The van der Waals surface area contributed by atoms with Crippen molar-refractivity contribution in [1.82, 2.24) is 5.32 Å².